The van der Waals surface area contributed by atoms with Crippen molar-refractivity contribution in [3.05, 3.63) is 11.5 Å². The van der Waals surface area contributed by atoms with Gasteiger partial charge in [-0.05, 0) is 25.7 Å². The molecular weight excluding hydrogens is 212 g/mol. The molecule has 0 aliphatic heterocycles. The summed E-state index contributed by atoms with van der Waals surface area (Å²) in [5, 5.41) is 3.71. The Kier molecular flexibility index (Phi) is 2.69. The minimum atomic E-state index is 0.172. The second kappa shape index (κ2) is 3.85. The topological polar surface area (TPSA) is 63.8 Å². The first-order valence-electron chi connectivity index (χ1n) is 5.21. The number of hydrogen-bond donors (Lipinski definition) is 2. The van der Waals surface area contributed by atoms with Crippen LogP contribution >= 0.6 is 11.6 Å². The van der Waals surface area contributed by atoms with E-state index in [4.69, 9.17) is 17.3 Å². The van der Waals surface area contributed by atoms with Crippen LogP contribution < -0.4 is 11.1 Å². The van der Waals surface area contributed by atoms with E-state index in [0.29, 0.717) is 16.7 Å². The zero-order valence-electron chi connectivity index (χ0n) is 8.76. The van der Waals surface area contributed by atoms with Gasteiger partial charge in [0.1, 0.15) is 12.0 Å². The lowest BCUT2D eigenvalue weighted by Gasteiger charge is -2.42. The van der Waals surface area contributed by atoms with Crippen molar-refractivity contribution in [2.45, 2.75) is 38.1 Å². The first-order valence-corrected chi connectivity index (χ1v) is 5.59. The van der Waals surface area contributed by atoms with Crippen LogP contribution in [0.2, 0.25) is 5.15 Å². The van der Waals surface area contributed by atoms with Crippen molar-refractivity contribution in [1.29, 1.82) is 0 Å². The molecule has 1 aliphatic rings. The summed E-state index contributed by atoms with van der Waals surface area (Å²) in [5.74, 6) is 0.663. The molecule has 0 aromatic carbocycles. The highest BCUT2D eigenvalue weighted by atomic mass is 35.5. The fourth-order valence-corrected chi connectivity index (χ4v) is 2.03. The van der Waals surface area contributed by atoms with Gasteiger partial charge in [-0.3, -0.25) is 0 Å². The Morgan fingerprint density at radius 2 is 2.27 bits per heavy atom. The first kappa shape index (κ1) is 10.5. The van der Waals surface area contributed by atoms with Crippen LogP contribution in [0.15, 0.2) is 6.33 Å². The second-order valence-electron chi connectivity index (χ2n) is 4.04. The largest absolute Gasteiger partial charge is 0.393 e. The molecule has 1 fully saturated rings. The van der Waals surface area contributed by atoms with E-state index in [0.717, 1.165) is 6.42 Å². The van der Waals surface area contributed by atoms with Gasteiger partial charge >= 0.3 is 0 Å². The summed E-state index contributed by atoms with van der Waals surface area (Å²) in [7, 11) is 0. The predicted octanol–water partition coefficient (Wildman–Crippen LogP) is 2.46. The standard InChI is InChI=1S/C10H15ClN4/c1-2-10(4-3-5-10)15-9-7(12)8(11)13-6-14-9/h6H,2-5,12H2,1H3,(H,13,14,15). The Hall–Kier alpha value is -1.03. The summed E-state index contributed by atoms with van der Waals surface area (Å²) in [6.07, 6.45) is 6.12. The second-order valence-corrected chi connectivity index (χ2v) is 4.40. The lowest BCUT2D eigenvalue weighted by atomic mass is 9.75. The molecule has 1 saturated carbocycles. The zero-order valence-corrected chi connectivity index (χ0v) is 9.51. The number of nitrogens with two attached hydrogens (primary N) is 1. The lowest BCUT2D eigenvalue weighted by molar-refractivity contribution is 0.269. The number of nitrogens with one attached hydrogen (secondary N) is 1. The molecule has 1 aliphatic carbocycles. The van der Waals surface area contributed by atoms with E-state index in [2.05, 4.69) is 22.2 Å². The Morgan fingerprint density at radius 1 is 1.53 bits per heavy atom. The van der Waals surface area contributed by atoms with Crippen LogP contribution in [-0.2, 0) is 0 Å². The molecule has 1 aromatic rings. The predicted molar refractivity (Wildman–Crippen MR) is 62.0 cm³/mol. The Balaban J connectivity index is 2.20. The van der Waals surface area contributed by atoms with Crippen LogP contribution in [0.3, 0.4) is 0 Å². The van der Waals surface area contributed by atoms with Gasteiger partial charge < -0.3 is 11.1 Å². The fourth-order valence-electron chi connectivity index (χ4n) is 1.90. The summed E-state index contributed by atoms with van der Waals surface area (Å²) in [6.45, 7) is 2.17. The SMILES string of the molecule is CCC1(Nc2ncnc(Cl)c2N)CCC1. The van der Waals surface area contributed by atoms with Crippen molar-refractivity contribution in [3.63, 3.8) is 0 Å². The summed E-state index contributed by atoms with van der Waals surface area (Å²) < 4.78 is 0. The van der Waals surface area contributed by atoms with Gasteiger partial charge in [0.15, 0.2) is 11.0 Å². The number of nitrogens with zero attached hydrogens (tertiary/aromatic N) is 2. The van der Waals surface area contributed by atoms with Crippen molar-refractivity contribution in [1.82, 2.24) is 9.97 Å². The molecule has 2 rings (SSSR count). The highest BCUT2D eigenvalue weighted by Gasteiger charge is 2.35. The van der Waals surface area contributed by atoms with Crippen molar-refractivity contribution >= 4 is 23.1 Å². The molecular formula is C10H15ClN4. The smallest absolute Gasteiger partial charge is 0.157 e. The van der Waals surface area contributed by atoms with Crippen molar-refractivity contribution in [3.8, 4) is 0 Å². The zero-order chi connectivity index (χ0) is 10.9. The molecule has 0 bridgehead atoms. The molecule has 0 spiro atoms. The van der Waals surface area contributed by atoms with Crippen molar-refractivity contribution in [2.24, 2.45) is 0 Å². The van der Waals surface area contributed by atoms with Crippen LogP contribution in [0, 0.1) is 0 Å². The third-order valence-electron chi connectivity index (χ3n) is 3.21. The highest BCUT2D eigenvalue weighted by molar-refractivity contribution is 6.32. The summed E-state index contributed by atoms with van der Waals surface area (Å²) in [6, 6.07) is 0. The van der Waals surface area contributed by atoms with Gasteiger partial charge in [-0.1, -0.05) is 18.5 Å². The van der Waals surface area contributed by atoms with Gasteiger partial charge in [0.05, 0.1) is 0 Å². The van der Waals surface area contributed by atoms with Gasteiger partial charge in [0.2, 0.25) is 0 Å². The number of hydrogen-bond acceptors (Lipinski definition) is 4. The third-order valence-corrected chi connectivity index (χ3v) is 3.51. The Morgan fingerprint density at radius 3 is 2.80 bits per heavy atom. The van der Waals surface area contributed by atoms with Gasteiger partial charge in [-0.2, -0.15) is 0 Å². The lowest BCUT2D eigenvalue weighted by Crippen LogP contribution is -2.44. The molecule has 4 nitrogen and oxygen atoms in total. The molecule has 1 aromatic heterocycles. The molecule has 0 unspecified atom stereocenters. The van der Waals surface area contributed by atoms with Crippen LogP contribution in [0.1, 0.15) is 32.6 Å². The van der Waals surface area contributed by atoms with Crippen molar-refractivity contribution < 1.29 is 0 Å². The number of nitrogen functional groups attached to an aromatic ring is 1. The summed E-state index contributed by atoms with van der Waals surface area (Å²) >= 11 is 5.83. The molecule has 0 radical (unpaired) electrons. The molecule has 0 atom stereocenters. The summed E-state index contributed by atoms with van der Waals surface area (Å²) in [5.41, 5.74) is 6.42. The van der Waals surface area contributed by atoms with E-state index in [1.54, 1.807) is 0 Å². The Labute approximate surface area is 94.2 Å². The molecule has 0 amide bonds. The van der Waals surface area contributed by atoms with E-state index in [1.807, 2.05) is 0 Å². The van der Waals surface area contributed by atoms with E-state index < -0.39 is 0 Å². The third kappa shape index (κ3) is 1.86. The first-order chi connectivity index (χ1) is 7.17. The molecule has 3 N–H and O–H groups in total. The highest BCUT2D eigenvalue weighted by Crippen LogP contribution is 2.39. The van der Waals surface area contributed by atoms with E-state index in [9.17, 15) is 0 Å². The van der Waals surface area contributed by atoms with Gasteiger partial charge in [-0.15, -0.1) is 0 Å². The van der Waals surface area contributed by atoms with E-state index >= 15 is 0 Å². The number of anilines is 2. The number of halogens is 1. The molecule has 15 heavy (non-hydrogen) atoms. The van der Waals surface area contributed by atoms with Crippen LogP contribution in [0.25, 0.3) is 0 Å². The molecule has 1 heterocycles. The van der Waals surface area contributed by atoms with Crippen molar-refractivity contribution in [2.75, 3.05) is 11.1 Å². The Bertz CT molecular complexity index is 357. The van der Waals surface area contributed by atoms with Gasteiger partial charge in [-0.25, -0.2) is 9.97 Å². The molecule has 5 heteroatoms. The monoisotopic (exact) mass is 226 g/mol. The van der Waals surface area contributed by atoms with Crippen LogP contribution in [0.4, 0.5) is 11.5 Å². The van der Waals surface area contributed by atoms with Gasteiger partial charge in [0.25, 0.3) is 0 Å². The number of aromatic nitrogens is 2. The van der Waals surface area contributed by atoms with Crippen LogP contribution in [0.5, 0.6) is 0 Å². The minimum absolute atomic E-state index is 0.172. The van der Waals surface area contributed by atoms with Crippen LogP contribution in [-0.4, -0.2) is 15.5 Å². The van der Waals surface area contributed by atoms with E-state index in [1.165, 1.54) is 25.6 Å². The average molecular weight is 227 g/mol. The number of rotatable bonds is 3. The normalized spacial score (nSPS) is 18.3. The molecule has 82 valence electrons. The maximum Gasteiger partial charge on any atom is 0.157 e. The minimum Gasteiger partial charge on any atom is -0.393 e. The quantitative estimate of drug-likeness (QED) is 0.778. The van der Waals surface area contributed by atoms with Gasteiger partial charge in [0, 0.05) is 5.54 Å². The summed E-state index contributed by atoms with van der Waals surface area (Å²) in [4.78, 5) is 7.95. The maximum atomic E-state index is 5.83. The maximum absolute atomic E-state index is 5.83. The van der Waals surface area contributed by atoms with E-state index in [-0.39, 0.29) is 5.54 Å². The fraction of sp³-hybridized carbons (Fsp3) is 0.600. The molecule has 0 saturated heterocycles. The average Bonchev–Trinajstić information content (AvgIpc) is 2.18.